The van der Waals surface area contributed by atoms with Crippen LogP contribution in [0.15, 0.2) is 23.3 Å². The van der Waals surface area contributed by atoms with Crippen LogP contribution in [-0.2, 0) is 23.5 Å². The summed E-state index contributed by atoms with van der Waals surface area (Å²) >= 11 is 9.63. The van der Waals surface area contributed by atoms with Gasteiger partial charge in [0, 0.05) is 22.8 Å². The molecule has 0 radical (unpaired) electrons. The van der Waals surface area contributed by atoms with E-state index in [1.165, 1.54) is 15.8 Å². The van der Waals surface area contributed by atoms with Crippen molar-refractivity contribution in [3.63, 3.8) is 0 Å². The Morgan fingerprint density at radius 2 is 2.14 bits per heavy atom. The number of hydrogen-bond acceptors (Lipinski definition) is 7. The van der Waals surface area contributed by atoms with Crippen LogP contribution < -0.4 is 20.3 Å². The third kappa shape index (κ3) is 3.03. The number of benzene rings is 1. The first-order valence-corrected chi connectivity index (χ1v) is 10.9. The van der Waals surface area contributed by atoms with Crippen molar-refractivity contribution in [2.24, 2.45) is 0 Å². The molecule has 0 unspecified atom stereocenters. The van der Waals surface area contributed by atoms with E-state index in [2.05, 4.69) is 10.3 Å². The van der Waals surface area contributed by atoms with Gasteiger partial charge in [0.15, 0.2) is 11.5 Å². The minimum absolute atomic E-state index is 0.119. The van der Waals surface area contributed by atoms with E-state index < -0.39 is 0 Å². The Kier molecular flexibility index (Phi) is 4.45. The van der Waals surface area contributed by atoms with Crippen molar-refractivity contribution in [1.82, 2.24) is 9.55 Å². The molecule has 10 heteroatoms. The minimum Gasteiger partial charge on any atom is -0.454 e. The van der Waals surface area contributed by atoms with Crippen LogP contribution in [0.3, 0.4) is 0 Å². The van der Waals surface area contributed by atoms with Crippen molar-refractivity contribution in [3.8, 4) is 11.5 Å². The summed E-state index contributed by atoms with van der Waals surface area (Å²) in [5.41, 5.74) is 1.31. The first-order valence-electron chi connectivity index (χ1n) is 8.56. The first kappa shape index (κ1) is 17.8. The standard InChI is InChI=1S/C18H14ClN3O4S2/c19-10-3-12-13(26-8-25-12)4-11(10)21-15(23)5-22-7-20-17-16(18(22)24)9-1-2-27-6-14(9)28-17/h3-4,7H,1-2,5-6,8H2,(H,21,23). The number of amides is 1. The van der Waals surface area contributed by atoms with Crippen LogP contribution in [-0.4, -0.2) is 28.0 Å². The van der Waals surface area contributed by atoms with E-state index in [4.69, 9.17) is 21.1 Å². The fraction of sp³-hybridized carbons (Fsp3) is 0.278. The maximum absolute atomic E-state index is 12.9. The van der Waals surface area contributed by atoms with Crippen molar-refractivity contribution in [2.45, 2.75) is 18.7 Å². The predicted molar refractivity (Wildman–Crippen MR) is 110 cm³/mol. The van der Waals surface area contributed by atoms with Gasteiger partial charge in [0.05, 0.1) is 22.4 Å². The number of nitrogens with zero attached hydrogens (tertiary/aromatic N) is 2. The Hall–Kier alpha value is -2.23. The highest BCUT2D eigenvalue weighted by molar-refractivity contribution is 7.98. The molecule has 4 heterocycles. The summed E-state index contributed by atoms with van der Waals surface area (Å²) < 4.78 is 11.9. The summed E-state index contributed by atoms with van der Waals surface area (Å²) in [6.07, 6.45) is 2.29. The van der Waals surface area contributed by atoms with Gasteiger partial charge in [-0.3, -0.25) is 14.2 Å². The Labute approximate surface area is 172 Å². The number of hydrogen-bond donors (Lipinski definition) is 1. The number of fused-ring (bicyclic) bond motifs is 4. The molecular formula is C18H14ClN3O4S2. The van der Waals surface area contributed by atoms with Gasteiger partial charge in [0.2, 0.25) is 12.7 Å². The van der Waals surface area contributed by atoms with E-state index >= 15 is 0 Å². The molecule has 2 aliphatic heterocycles. The van der Waals surface area contributed by atoms with Gasteiger partial charge in [-0.2, -0.15) is 11.8 Å². The van der Waals surface area contributed by atoms with Crippen LogP contribution in [0.25, 0.3) is 10.2 Å². The fourth-order valence-corrected chi connectivity index (χ4v) is 5.83. The molecule has 1 aromatic carbocycles. The summed E-state index contributed by atoms with van der Waals surface area (Å²) in [6.45, 7) is -0.0283. The number of ether oxygens (including phenoxy) is 2. The zero-order valence-corrected chi connectivity index (χ0v) is 16.9. The van der Waals surface area contributed by atoms with Gasteiger partial charge in [0.1, 0.15) is 11.4 Å². The number of carbonyl (C=O) groups excluding carboxylic acids is 1. The second kappa shape index (κ2) is 6.98. The fourth-order valence-electron chi connectivity index (χ4n) is 3.32. The number of nitrogens with one attached hydrogen (secondary N) is 1. The van der Waals surface area contributed by atoms with E-state index in [1.807, 2.05) is 11.8 Å². The molecule has 0 saturated carbocycles. The van der Waals surface area contributed by atoms with Gasteiger partial charge in [-0.1, -0.05) is 11.6 Å². The molecular weight excluding hydrogens is 422 g/mol. The van der Waals surface area contributed by atoms with E-state index in [-0.39, 0.29) is 24.8 Å². The van der Waals surface area contributed by atoms with Crippen LogP contribution in [0, 0.1) is 0 Å². The molecule has 144 valence electrons. The molecule has 1 amide bonds. The molecule has 2 aliphatic rings. The Morgan fingerprint density at radius 1 is 1.32 bits per heavy atom. The van der Waals surface area contributed by atoms with Crippen molar-refractivity contribution in [1.29, 1.82) is 0 Å². The summed E-state index contributed by atoms with van der Waals surface area (Å²) in [5.74, 6) is 2.59. The van der Waals surface area contributed by atoms with Crippen LogP contribution in [0.4, 0.5) is 5.69 Å². The SMILES string of the molecule is O=C(Cn1cnc2sc3c(c2c1=O)CCSC3)Nc1cc2c(cc1Cl)OCO2. The second-order valence-corrected chi connectivity index (χ2v) is 8.99. The van der Waals surface area contributed by atoms with Crippen LogP contribution in [0.1, 0.15) is 10.4 Å². The third-order valence-electron chi connectivity index (χ3n) is 4.64. The number of anilines is 1. The van der Waals surface area contributed by atoms with Crippen molar-refractivity contribution in [3.05, 3.63) is 44.3 Å². The number of carbonyl (C=O) groups is 1. The van der Waals surface area contributed by atoms with Gasteiger partial charge >= 0.3 is 0 Å². The van der Waals surface area contributed by atoms with E-state index in [9.17, 15) is 9.59 Å². The number of halogens is 1. The second-order valence-electron chi connectivity index (χ2n) is 6.40. The number of rotatable bonds is 3. The van der Waals surface area contributed by atoms with Crippen LogP contribution in [0.2, 0.25) is 5.02 Å². The van der Waals surface area contributed by atoms with Crippen molar-refractivity contribution >= 4 is 56.5 Å². The Balaban J connectivity index is 1.42. The van der Waals surface area contributed by atoms with Crippen LogP contribution >= 0.6 is 34.7 Å². The number of thioether (sulfide) groups is 1. The maximum atomic E-state index is 12.9. The lowest BCUT2D eigenvalue weighted by Gasteiger charge is -2.11. The van der Waals surface area contributed by atoms with E-state index in [1.54, 1.807) is 23.5 Å². The van der Waals surface area contributed by atoms with Gasteiger partial charge in [0.25, 0.3) is 5.56 Å². The van der Waals surface area contributed by atoms with Crippen molar-refractivity contribution < 1.29 is 14.3 Å². The molecule has 0 saturated heterocycles. The molecule has 0 bridgehead atoms. The quantitative estimate of drug-likeness (QED) is 0.680. The number of aromatic nitrogens is 2. The summed E-state index contributed by atoms with van der Waals surface area (Å²) in [4.78, 5) is 31.8. The molecule has 5 rings (SSSR count). The monoisotopic (exact) mass is 435 g/mol. The zero-order valence-electron chi connectivity index (χ0n) is 14.5. The highest BCUT2D eigenvalue weighted by atomic mass is 35.5. The molecule has 0 spiro atoms. The molecule has 0 atom stereocenters. The molecule has 3 aromatic rings. The highest BCUT2D eigenvalue weighted by Gasteiger charge is 2.21. The average molecular weight is 436 g/mol. The van der Waals surface area contributed by atoms with Gasteiger partial charge in [-0.05, 0) is 17.7 Å². The summed E-state index contributed by atoms with van der Waals surface area (Å²) in [7, 11) is 0. The maximum Gasteiger partial charge on any atom is 0.262 e. The molecule has 2 aromatic heterocycles. The van der Waals surface area contributed by atoms with Crippen LogP contribution in [0.5, 0.6) is 11.5 Å². The Bertz CT molecular complexity index is 1170. The average Bonchev–Trinajstić information content (AvgIpc) is 3.28. The molecule has 1 N–H and O–H groups in total. The smallest absolute Gasteiger partial charge is 0.262 e. The first-order chi connectivity index (χ1) is 13.6. The summed E-state index contributed by atoms with van der Waals surface area (Å²) in [6, 6.07) is 3.20. The van der Waals surface area contributed by atoms with Gasteiger partial charge in [-0.25, -0.2) is 4.98 Å². The third-order valence-corrected chi connectivity index (χ3v) is 7.26. The topological polar surface area (TPSA) is 82.5 Å². The largest absolute Gasteiger partial charge is 0.454 e. The number of thiophene rings is 1. The van der Waals surface area contributed by atoms with Gasteiger partial charge in [-0.15, -0.1) is 11.3 Å². The normalized spacial score (nSPS) is 14.9. The van der Waals surface area contributed by atoms with Gasteiger partial charge < -0.3 is 14.8 Å². The lowest BCUT2D eigenvalue weighted by molar-refractivity contribution is -0.116. The molecule has 28 heavy (non-hydrogen) atoms. The molecule has 7 nitrogen and oxygen atoms in total. The zero-order chi connectivity index (χ0) is 19.3. The molecule has 0 aliphatic carbocycles. The van der Waals surface area contributed by atoms with E-state index in [0.29, 0.717) is 27.6 Å². The summed E-state index contributed by atoms with van der Waals surface area (Å²) in [5, 5.41) is 3.71. The Morgan fingerprint density at radius 3 is 3.00 bits per heavy atom. The minimum atomic E-state index is -0.372. The van der Waals surface area contributed by atoms with E-state index in [0.717, 1.165) is 28.3 Å². The lowest BCUT2D eigenvalue weighted by Crippen LogP contribution is -2.28. The molecule has 0 fully saturated rings. The highest BCUT2D eigenvalue weighted by Crippen LogP contribution is 2.39. The number of aryl methyl sites for hydroxylation is 1. The lowest BCUT2D eigenvalue weighted by atomic mass is 10.1. The predicted octanol–water partition coefficient (Wildman–Crippen LogP) is 3.27. The van der Waals surface area contributed by atoms with Crippen molar-refractivity contribution in [2.75, 3.05) is 17.9 Å².